The predicted octanol–water partition coefficient (Wildman–Crippen LogP) is 0.233. The van der Waals surface area contributed by atoms with Gasteiger partial charge >= 0.3 is 0 Å². The molecule has 0 saturated heterocycles. The van der Waals surface area contributed by atoms with Gasteiger partial charge < -0.3 is 9.64 Å². The monoisotopic (exact) mass is 225 g/mol. The fraction of sp³-hybridized carbons (Fsp3) is 1.00. The maximum atomic E-state index is 10.3. The van der Waals surface area contributed by atoms with Gasteiger partial charge in [0.1, 0.15) is 0 Å². The van der Waals surface area contributed by atoms with Crippen LogP contribution in [-0.2, 0) is 14.9 Å². The van der Waals surface area contributed by atoms with Gasteiger partial charge in [-0.25, -0.2) is 0 Å². The summed E-state index contributed by atoms with van der Waals surface area (Å²) in [6, 6.07) is 0. The van der Waals surface area contributed by atoms with Crippen molar-refractivity contribution in [3.63, 3.8) is 0 Å². The molecule has 0 saturated carbocycles. The molecule has 0 amide bonds. The van der Waals surface area contributed by atoms with E-state index < -0.39 is 10.1 Å². The van der Waals surface area contributed by atoms with Crippen molar-refractivity contribution in [3.05, 3.63) is 0 Å². The van der Waals surface area contributed by atoms with E-state index in [1.165, 1.54) is 0 Å². The summed E-state index contributed by atoms with van der Waals surface area (Å²) in [4.78, 5) is 2.01. The van der Waals surface area contributed by atoms with Gasteiger partial charge in [0.2, 0.25) is 0 Å². The summed E-state index contributed by atoms with van der Waals surface area (Å²) in [6.45, 7) is 2.06. The SMILES string of the molecule is CN(C)CCOCCCCS(=O)(=O)O. The van der Waals surface area contributed by atoms with Crippen molar-refractivity contribution < 1.29 is 17.7 Å². The molecule has 0 unspecified atom stereocenters. The minimum atomic E-state index is -3.79. The fourth-order valence-corrected chi connectivity index (χ4v) is 1.41. The molecule has 6 heteroatoms. The standard InChI is InChI=1S/C8H19NO4S/c1-9(2)5-7-13-6-3-4-8-14(10,11)12/h3-8H2,1-2H3,(H,10,11,12). The van der Waals surface area contributed by atoms with Gasteiger partial charge in [0, 0.05) is 13.2 Å². The predicted molar refractivity (Wildman–Crippen MR) is 55.0 cm³/mol. The van der Waals surface area contributed by atoms with Crippen LogP contribution in [0.2, 0.25) is 0 Å². The summed E-state index contributed by atoms with van der Waals surface area (Å²) < 4.78 is 34.3. The van der Waals surface area contributed by atoms with Crippen LogP contribution in [0.25, 0.3) is 0 Å². The third-order valence-electron chi connectivity index (χ3n) is 1.62. The Balaban J connectivity index is 3.15. The summed E-state index contributed by atoms with van der Waals surface area (Å²) in [5, 5.41) is 0. The lowest BCUT2D eigenvalue weighted by atomic mass is 10.4. The Bertz CT molecular complexity index is 225. The highest BCUT2D eigenvalue weighted by Crippen LogP contribution is 1.94. The minimum absolute atomic E-state index is 0.177. The van der Waals surface area contributed by atoms with Gasteiger partial charge in [-0.1, -0.05) is 0 Å². The third-order valence-corrected chi connectivity index (χ3v) is 2.43. The van der Waals surface area contributed by atoms with Crippen molar-refractivity contribution in [1.29, 1.82) is 0 Å². The van der Waals surface area contributed by atoms with E-state index in [2.05, 4.69) is 0 Å². The van der Waals surface area contributed by atoms with E-state index in [0.717, 1.165) is 6.54 Å². The first-order valence-electron chi connectivity index (χ1n) is 4.59. The van der Waals surface area contributed by atoms with Crippen LogP contribution in [0.4, 0.5) is 0 Å². The molecule has 0 fully saturated rings. The molecule has 86 valence electrons. The zero-order valence-electron chi connectivity index (χ0n) is 8.77. The van der Waals surface area contributed by atoms with E-state index >= 15 is 0 Å². The molecule has 0 aromatic rings. The Morgan fingerprint density at radius 1 is 1.21 bits per heavy atom. The van der Waals surface area contributed by atoms with Gasteiger partial charge in [0.15, 0.2) is 0 Å². The Hall–Kier alpha value is -0.170. The van der Waals surface area contributed by atoms with Crippen LogP contribution >= 0.6 is 0 Å². The lowest BCUT2D eigenvalue weighted by Gasteiger charge is -2.09. The van der Waals surface area contributed by atoms with E-state index in [0.29, 0.717) is 26.1 Å². The summed E-state index contributed by atoms with van der Waals surface area (Å²) >= 11 is 0. The molecule has 0 aliphatic heterocycles. The molecule has 0 spiro atoms. The summed E-state index contributed by atoms with van der Waals surface area (Å²) in [7, 11) is 0.126. The minimum Gasteiger partial charge on any atom is -0.380 e. The maximum Gasteiger partial charge on any atom is 0.264 e. The Morgan fingerprint density at radius 3 is 2.36 bits per heavy atom. The molecule has 0 radical (unpaired) electrons. The van der Waals surface area contributed by atoms with E-state index in [1.807, 2.05) is 19.0 Å². The zero-order valence-corrected chi connectivity index (χ0v) is 9.59. The van der Waals surface area contributed by atoms with Crippen LogP contribution in [-0.4, -0.2) is 57.5 Å². The molecular formula is C8H19NO4S. The Kier molecular flexibility index (Phi) is 7.08. The highest BCUT2D eigenvalue weighted by atomic mass is 32.2. The van der Waals surface area contributed by atoms with E-state index in [-0.39, 0.29) is 5.75 Å². The highest BCUT2D eigenvalue weighted by Gasteiger charge is 2.02. The highest BCUT2D eigenvalue weighted by molar-refractivity contribution is 7.85. The second-order valence-electron chi connectivity index (χ2n) is 3.41. The molecule has 0 aromatic heterocycles. The number of hydrogen-bond acceptors (Lipinski definition) is 4. The van der Waals surface area contributed by atoms with E-state index in [9.17, 15) is 8.42 Å². The molecule has 0 heterocycles. The average molecular weight is 225 g/mol. The van der Waals surface area contributed by atoms with Crippen LogP contribution in [0.1, 0.15) is 12.8 Å². The van der Waals surface area contributed by atoms with Crippen molar-refractivity contribution in [2.45, 2.75) is 12.8 Å². The number of rotatable bonds is 8. The first-order valence-corrected chi connectivity index (χ1v) is 6.20. The average Bonchev–Trinajstić information content (AvgIpc) is 2.00. The normalized spacial score (nSPS) is 12.3. The van der Waals surface area contributed by atoms with Crippen molar-refractivity contribution in [3.8, 4) is 0 Å². The first-order chi connectivity index (χ1) is 6.42. The molecule has 14 heavy (non-hydrogen) atoms. The van der Waals surface area contributed by atoms with Crippen molar-refractivity contribution >= 4 is 10.1 Å². The van der Waals surface area contributed by atoms with Crippen LogP contribution < -0.4 is 0 Å². The number of nitrogens with zero attached hydrogens (tertiary/aromatic N) is 1. The van der Waals surface area contributed by atoms with Crippen LogP contribution in [0.5, 0.6) is 0 Å². The molecule has 0 bridgehead atoms. The largest absolute Gasteiger partial charge is 0.380 e. The molecule has 5 nitrogen and oxygen atoms in total. The lowest BCUT2D eigenvalue weighted by Crippen LogP contribution is -2.18. The van der Waals surface area contributed by atoms with Gasteiger partial charge in [0.25, 0.3) is 10.1 Å². The number of hydrogen-bond donors (Lipinski definition) is 1. The van der Waals surface area contributed by atoms with Gasteiger partial charge in [-0.3, -0.25) is 4.55 Å². The molecule has 0 aliphatic rings. The number of likely N-dealkylation sites (N-methyl/N-ethyl adjacent to an activating group) is 1. The number of unbranched alkanes of at least 4 members (excludes halogenated alkanes) is 1. The number of ether oxygens (including phenoxy) is 1. The van der Waals surface area contributed by atoms with Gasteiger partial charge in [-0.15, -0.1) is 0 Å². The van der Waals surface area contributed by atoms with Crippen LogP contribution in [0.3, 0.4) is 0 Å². The third kappa shape index (κ3) is 11.8. The quantitative estimate of drug-likeness (QED) is 0.473. The topological polar surface area (TPSA) is 66.8 Å². The van der Waals surface area contributed by atoms with Gasteiger partial charge in [-0.05, 0) is 26.9 Å². The molecule has 0 atom stereocenters. The second-order valence-corrected chi connectivity index (χ2v) is 4.98. The summed E-state index contributed by atoms with van der Waals surface area (Å²) in [5.41, 5.74) is 0. The van der Waals surface area contributed by atoms with Crippen molar-refractivity contribution in [2.75, 3.05) is 39.6 Å². The van der Waals surface area contributed by atoms with Crippen LogP contribution in [0.15, 0.2) is 0 Å². The maximum absolute atomic E-state index is 10.3. The molecule has 0 aliphatic carbocycles. The summed E-state index contributed by atoms with van der Waals surface area (Å²) in [6.07, 6.45) is 1.11. The first kappa shape index (κ1) is 13.8. The fourth-order valence-electron chi connectivity index (χ4n) is 0.838. The smallest absolute Gasteiger partial charge is 0.264 e. The van der Waals surface area contributed by atoms with E-state index in [1.54, 1.807) is 0 Å². The molecule has 1 N–H and O–H groups in total. The Morgan fingerprint density at radius 2 is 1.86 bits per heavy atom. The van der Waals surface area contributed by atoms with Crippen molar-refractivity contribution in [2.24, 2.45) is 0 Å². The Labute approximate surface area is 85.8 Å². The van der Waals surface area contributed by atoms with Gasteiger partial charge in [-0.2, -0.15) is 8.42 Å². The molecule has 0 aromatic carbocycles. The lowest BCUT2D eigenvalue weighted by molar-refractivity contribution is 0.115. The summed E-state index contributed by atoms with van der Waals surface area (Å²) in [5.74, 6) is -0.177. The van der Waals surface area contributed by atoms with Crippen LogP contribution in [0, 0.1) is 0 Å². The van der Waals surface area contributed by atoms with Crippen molar-refractivity contribution in [1.82, 2.24) is 4.90 Å². The van der Waals surface area contributed by atoms with E-state index in [4.69, 9.17) is 9.29 Å². The van der Waals surface area contributed by atoms with Gasteiger partial charge in [0.05, 0.1) is 12.4 Å². The molecule has 0 rings (SSSR count). The molecular weight excluding hydrogens is 206 g/mol. The second kappa shape index (κ2) is 7.17. The zero-order chi connectivity index (χ0) is 11.0.